The number of carbonyl (C=O) groups is 1. The molecule has 1 N–H and O–H groups in total. The summed E-state index contributed by atoms with van der Waals surface area (Å²) in [6.07, 6.45) is 7.67. The summed E-state index contributed by atoms with van der Waals surface area (Å²) in [4.78, 5) is 12.9. The van der Waals surface area contributed by atoms with Crippen LogP contribution in [0.15, 0.2) is 33.6 Å². The number of amides is 1. The van der Waals surface area contributed by atoms with Crippen LogP contribution in [0.2, 0.25) is 0 Å². The van der Waals surface area contributed by atoms with Gasteiger partial charge in [-0.1, -0.05) is 48.0 Å². The van der Waals surface area contributed by atoms with Crippen molar-refractivity contribution >= 4 is 31.7 Å². The van der Waals surface area contributed by atoms with Gasteiger partial charge in [0, 0.05) is 10.5 Å². The third-order valence-corrected chi connectivity index (χ3v) is 7.73. The third-order valence-electron chi connectivity index (χ3n) is 4.78. The molecule has 0 heterocycles. The first-order chi connectivity index (χ1) is 11.2. The van der Waals surface area contributed by atoms with Crippen molar-refractivity contribution in [3.63, 3.8) is 0 Å². The van der Waals surface area contributed by atoms with Crippen LogP contribution in [0.3, 0.4) is 0 Å². The maximum atomic E-state index is 12.9. The highest BCUT2D eigenvalue weighted by molar-refractivity contribution is 9.10. The molecule has 0 aromatic heterocycles. The molecule has 1 fully saturated rings. The standard InChI is InChI=1S/C18H26BrNO3S/c1-18(2,24(22,23)16-12-10-14(19)11-13-16)17(21)20-15-8-6-4-3-5-7-9-15/h10-13,15H,3-9H2,1-2H3,(H,20,21). The van der Waals surface area contributed by atoms with E-state index >= 15 is 0 Å². The van der Waals surface area contributed by atoms with Gasteiger partial charge in [-0.3, -0.25) is 4.79 Å². The van der Waals surface area contributed by atoms with Gasteiger partial charge in [0.25, 0.3) is 0 Å². The van der Waals surface area contributed by atoms with Crippen molar-refractivity contribution in [2.24, 2.45) is 0 Å². The molecule has 0 aliphatic heterocycles. The van der Waals surface area contributed by atoms with E-state index in [0.29, 0.717) is 0 Å². The Morgan fingerprint density at radius 1 is 1.04 bits per heavy atom. The Bertz CT molecular complexity index is 660. The summed E-state index contributed by atoms with van der Waals surface area (Å²) in [5.74, 6) is -0.406. The zero-order valence-corrected chi connectivity index (χ0v) is 16.7. The van der Waals surface area contributed by atoms with Crippen molar-refractivity contribution < 1.29 is 13.2 Å². The fourth-order valence-corrected chi connectivity index (χ4v) is 4.64. The highest BCUT2D eigenvalue weighted by atomic mass is 79.9. The van der Waals surface area contributed by atoms with E-state index in [4.69, 9.17) is 0 Å². The Labute approximate surface area is 153 Å². The fourth-order valence-electron chi connectivity index (χ4n) is 2.99. The zero-order chi connectivity index (χ0) is 17.8. The number of halogens is 1. The molecule has 6 heteroatoms. The minimum Gasteiger partial charge on any atom is -0.352 e. The number of hydrogen-bond donors (Lipinski definition) is 1. The molecule has 1 aromatic rings. The predicted octanol–water partition coefficient (Wildman–Crippen LogP) is 4.23. The third kappa shape index (κ3) is 4.39. The molecule has 0 radical (unpaired) electrons. The quantitative estimate of drug-likeness (QED) is 0.799. The molecule has 0 bridgehead atoms. The number of carbonyl (C=O) groups excluding carboxylic acids is 1. The molecule has 1 aliphatic rings. The Morgan fingerprint density at radius 2 is 1.54 bits per heavy atom. The van der Waals surface area contributed by atoms with Crippen molar-refractivity contribution in [2.45, 2.75) is 74.5 Å². The Hall–Kier alpha value is -0.880. The molecule has 0 spiro atoms. The summed E-state index contributed by atoms with van der Waals surface area (Å²) in [5, 5.41) is 2.99. The lowest BCUT2D eigenvalue weighted by Gasteiger charge is -2.28. The number of benzene rings is 1. The maximum absolute atomic E-state index is 12.9. The SMILES string of the molecule is CC(C)(C(=O)NC1CCCCCCC1)S(=O)(=O)c1ccc(Br)cc1. The van der Waals surface area contributed by atoms with Gasteiger partial charge in [0.1, 0.15) is 4.75 Å². The lowest BCUT2D eigenvalue weighted by atomic mass is 9.96. The molecule has 1 aromatic carbocycles. The first-order valence-electron chi connectivity index (χ1n) is 8.56. The lowest BCUT2D eigenvalue weighted by Crippen LogP contribution is -2.51. The Balaban J connectivity index is 2.14. The van der Waals surface area contributed by atoms with Crippen LogP contribution in [-0.2, 0) is 14.6 Å². The minimum atomic E-state index is -3.75. The van der Waals surface area contributed by atoms with Crippen molar-refractivity contribution in [1.29, 1.82) is 0 Å². The van der Waals surface area contributed by atoms with Crippen LogP contribution in [0, 0.1) is 0 Å². The summed E-state index contributed by atoms with van der Waals surface area (Å²) in [6.45, 7) is 2.98. The van der Waals surface area contributed by atoms with Crippen molar-refractivity contribution in [1.82, 2.24) is 5.32 Å². The molecule has 134 valence electrons. The molecule has 4 nitrogen and oxygen atoms in total. The van der Waals surface area contributed by atoms with Gasteiger partial charge in [-0.2, -0.15) is 0 Å². The molecule has 1 amide bonds. The molecular weight excluding hydrogens is 390 g/mol. The first-order valence-corrected chi connectivity index (χ1v) is 10.8. The molecule has 1 saturated carbocycles. The van der Waals surface area contributed by atoms with E-state index < -0.39 is 20.5 Å². The molecule has 0 saturated heterocycles. The fraction of sp³-hybridized carbons (Fsp3) is 0.611. The topological polar surface area (TPSA) is 63.2 Å². The van der Waals surface area contributed by atoms with Gasteiger partial charge in [0.05, 0.1) is 4.90 Å². The molecule has 2 rings (SSSR count). The van der Waals surface area contributed by atoms with Crippen molar-refractivity contribution in [2.75, 3.05) is 0 Å². The Morgan fingerprint density at radius 3 is 2.08 bits per heavy atom. The van der Waals surface area contributed by atoms with E-state index in [0.717, 1.165) is 30.2 Å². The second-order valence-corrected chi connectivity index (χ2v) is 10.4. The second-order valence-electron chi connectivity index (χ2n) is 6.98. The van der Waals surface area contributed by atoms with Crippen molar-refractivity contribution in [3.05, 3.63) is 28.7 Å². The van der Waals surface area contributed by atoms with Gasteiger partial charge >= 0.3 is 0 Å². The normalized spacial score (nSPS) is 17.8. The van der Waals surface area contributed by atoms with E-state index in [-0.39, 0.29) is 10.9 Å². The second kappa shape index (κ2) is 8.00. The smallest absolute Gasteiger partial charge is 0.241 e. The highest BCUT2D eigenvalue weighted by Gasteiger charge is 2.43. The van der Waals surface area contributed by atoms with Crippen LogP contribution < -0.4 is 5.32 Å². The van der Waals surface area contributed by atoms with Gasteiger partial charge in [-0.25, -0.2) is 8.42 Å². The number of nitrogens with one attached hydrogen (secondary N) is 1. The molecular formula is C18H26BrNO3S. The molecule has 1 aliphatic carbocycles. The summed E-state index contributed by atoms with van der Waals surface area (Å²) in [7, 11) is -3.75. The van der Waals surface area contributed by atoms with E-state index in [9.17, 15) is 13.2 Å². The summed E-state index contributed by atoms with van der Waals surface area (Å²) in [6, 6.07) is 6.50. The minimum absolute atomic E-state index is 0.0807. The van der Waals surface area contributed by atoms with Crippen LogP contribution in [0.5, 0.6) is 0 Å². The molecule has 24 heavy (non-hydrogen) atoms. The van der Waals surface area contributed by atoms with Gasteiger partial charge in [0.15, 0.2) is 9.84 Å². The van der Waals surface area contributed by atoms with Gasteiger partial charge in [-0.15, -0.1) is 0 Å². The van der Waals surface area contributed by atoms with E-state index in [1.807, 2.05) is 0 Å². The summed E-state index contributed by atoms with van der Waals surface area (Å²) in [5.41, 5.74) is 0. The number of rotatable bonds is 4. The van der Waals surface area contributed by atoms with Gasteiger partial charge in [0.2, 0.25) is 5.91 Å². The average Bonchev–Trinajstić information content (AvgIpc) is 2.50. The van der Waals surface area contributed by atoms with E-state index in [1.165, 1.54) is 45.2 Å². The molecule has 0 unspecified atom stereocenters. The highest BCUT2D eigenvalue weighted by Crippen LogP contribution is 2.27. The van der Waals surface area contributed by atoms with Gasteiger partial charge in [-0.05, 0) is 51.0 Å². The van der Waals surface area contributed by atoms with Crippen LogP contribution in [0.25, 0.3) is 0 Å². The monoisotopic (exact) mass is 415 g/mol. The summed E-state index contributed by atoms with van der Waals surface area (Å²) < 4.78 is 25.1. The van der Waals surface area contributed by atoms with Crippen molar-refractivity contribution in [3.8, 4) is 0 Å². The average molecular weight is 416 g/mol. The van der Waals surface area contributed by atoms with Gasteiger partial charge < -0.3 is 5.32 Å². The van der Waals surface area contributed by atoms with Crippen LogP contribution >= 0.6 is 15.9 Å². The van der Waals surface area contributed by atoms with E-state index in [1.54, 1.807) is 12.1 Å². The molecule has 0 atom stereocenters. The van der Waals surface area contributed by atoms with Crippen LogP contribution in [0.4, 0.5) is 0 Å². The number of sulfone groups is 1. The van der Waals surface area contributed by atoms with Crippen LogP contribution in [-0.4, -0.2) is 25.1 Å². The summed E-state index contributed by atoms with van der Waals surface area (Å²) >= 11 is 3.30. The lowest BCUT2D eigenvalue weighted by molar-refractivity contribution is -0.123. The Kier molecular flexibility index (Phi) is 6.48. The van der Waals surface area contributed by atoms with E-state index in [2.05, 4.69) is 21.2 Å². The van der Waals surface area contributed by atoms with Crippen LogP contribution in [0.1, 0.15) is 58.8 Å². The predicted molar refractivity (Wildman–Crippen MR) is 99.7 cm³/mol. The zero-order valence-electron chi connectivity index (χ0n) is 14.3. The first kappa shape index (κ1) is 19.4. The number of hydrogen-bond acceptors (Lipinski definition) is 3. The largest absolute Gasteiger partial charge is 0.352 e. The maximum Gasteiger partial charge on any atom is 0.241 e.